The molecule has 4 aromatic rings. The van der Waals surface area contributed by atoms with E-state index in [9.17, 15) is 22.8 Å². The van der Waals surface area contributed by atoms with Crippen molar-refractivity contribution in [1.82, 2.24) is 14.8 Å². The number of aromatic nitrogens is 1. The summed E-state index contributed by atoms with van der Waals surface area (Å²) in [5.41, 5.74) is 3.30. The third-order valence-electron chi connectivity index (χ3n) is 6.90. The number of amides is 3. The van der Waals surface area contributed by atoms with Gasteiger partial charge in [-0.05, 0) is 54.3 Å². The molecule has 3 aromatic carbocycles. The minimum atomic E-state index is -4.45. The summed E-state index contributed by atoms with van der Waals surface area (Å²) in [6.45, 7) is 2.45. The van der Waals surface area contributed by atoms with Gasteiger partial charge in [-0.3, -0.25) is 4.79 Å². The van der Waals surface area contributed by atoms with Crippen molar-refractivity contribution in [1.29, 1.82) is 0 Å². The molecule has 216 valence electrons. The van der Waals surface area contributed by atoms with E-state index in [1.54, 1.807) is 11.0 Å². The van der Waals surface area contributed by atoms with Crippen LogP contribution >= 0.6 is 0 Å². The number of urea groups is 1. The highest BCUT2D eigenvalue weighted by atomic mass is 19.4. The van der Waals surface area contributed by atoms with E-state index in [1.165, 1.54) is 24.1 Å². The van der Waals surface area contributed by atoms with Crippen molar-refractivity contribution in [2.45, 2.75) is 26.1 Å². The Balaban J connectivity index is 1.54. The molecule has 0 saturated heterocycles. The van der Waals surface area contributed by atoms with Gasteiger partial charge in [-0.15, -0.1) is 0 Å². The lowest BCUT2D eigenvalue weighted by atomic mass is 10.1. The smallest absolute Gasteiger partial charge is 0.383 e. The fourth-order valence-corrected chi connectivity index (χ4v) is 4.53. The third-order valence-corrected chi connectivity index (χ3v) is 6.90. The summed E-state index contributed by atoms with van der Waals surface area (Å²) in [6, 6.07) is 19.5. The van der Waals surface area contributed by atoms with Gasteiger partial charge in [-0.25, -0.2) is 4.79 Å². The molecule has 4 rings (SSSR count). The molecule has 41 heavy (non-hydrogen) atoms. The van der Waals surface area contributed by atoms with E-state index in [4.69, 9.17) is 4.74 Å². The highest BCUT2D eigenvalue weighted by Crippen LogP contribution is 2.29. The maximum Gasteiger partial charge on any atom is 0.416 e. The quantitative estimate of drug-likeness (QED) is 0.225. The molecular weight excluding hydrogens is 533 g/mol. The lowest BCUT2D eigenvalue weighted by Gasteiger charge is -2.28. The maximum atomic E-state index is 13.7. The Morgan fingerprint density at radius 2 is 1.63 bits per heavy atom. The van der Waals surface area contributed by atoms with E-state index >= 15 is 0 Å². The number of methoxy groups -OCH3 is 1. The normalized spacial score (nSPS) is 11.4. The van der Waals surface area contributed by atoms with E-state index < -0.39 is 17.8 Å². The monoisotopic (exact) mass is 566 g/mol. The van der Waals surface area contributed by atoms with Gasteiger partial charge in [0.25, 0.3) is 0 Å². The second-order valence-corrected chi connectivity index (χ2v) is 9.78. The number of hydrogen-bond donors (Lipinski definition) is 2. The van der Waals surface area contributed by atoms with E-state index in [-0.39, 0.29) is 32.1 Å². The van der Waals surface area contributed by atoms with Gasteiger partial charge >= 0.3 is 12.2 Å². The molecular formula is C31H33F3N4O3. The van der Waals surface area contributed by atoms with Crippen LogP contribution in [0.4, 0.5) is 23.7 Å². The number of nitrogens with zero attached hydrogens (tertiary/aromatic N) is 2. The zero-order valence-electron chi connectivity index (χ0n) is 23.0. The number of halogens is 3. The number of aryl methyl sites for hydroxylation is 1. The Morgan fingerprint density at radius 3 is 2.34 bits per heavy atom. The van der Waals surface area contributed by atoms with Crippen LogP contribution in [0.15, 0.2) is 79.0 Å². The largest absolute Gasteiger partial charge is 0.416 e. The summed E-state index contributed by atoms with van der Waals surface area (Å²) in [5, 5.41) is 3.89. The summed E-state index contributed by atoms with van der Waals surface area (Å²) in [5.74, 6) is -0.333. The first-order valence-corrected chi connectivity index (χ1v) is 13.2. The number of nitrogens with one attached hydrogen (secondary N) is 2. The van der Waals surface area contributed by atoms with E-state index in [2.05, 4.69) is 10.3 Å². The minimum absolute atomic E-state index is 0.0941. The molecule has 0 atom stereocenters. The number of aromatic amines is 1. The second kappa shape index (κ2) is 13.4. The highest BCUT2D eigenvalue weighted by Gasteiger charge is 2.30. The summed E-state index contributed by atoms with van der Waals surface area (Å²) < 4.78 is 44.5. The number of fused-ring (bicyclic) bond motifs is 1. The molecule has 2 N–H and O–H groups in total. The van der Waals surface area contributed by atoms with Crippen LogP contribution in [0.2, 0.25) is 0 Å². The number of anilines is 1. The molecule has 0 aliphatic carbocycles. The van der Waals surface area contributed by atoms with Crippen molar-refractivity contribution < 1.29 is 27.5 Å². The third kappa shape index (κ3) is 7.88. The summed E-state index contributed by atoms with van der Waals surface area (Å²) in [7, 11) is 1.51. The number of carbonyl (C=O) groups excluding carboxylic acids is 2. The van der Waals surface area contributed by atoms with Crippen molar-refractivity contribution >= 4 is 28.5 Å². The zero-order chi connectivity index (χ0) is 29.4. The summed E-state index contributed by atoms with van der Waals surface area (Å²) in [6.07, 6.45) is -2.04. The zero-order valence-corrected chi connectivity index (χ0v) is 23.0. The molecule has 0 unspecified atom stereocenters. The molecule has 0 spiro atoms. The first-order chi connectivity index (χ1) is 19.7. The molecule has 1 heterocycles. The van der Waals surface area contributed by atoms with Crippen molar-refractivity contribution in [3.63, 3.8) is 0 Å². The molecule has 0 aliphatic heterocycles. The first-order valence-electron chi connectivity index (χ1n) is 13.2. The average molecular weight is 567 g/mol. The van der Waals surface area contributed by atoms with Crippen LogP contribution in [0.3, 0.4) is 0 Å². The molecule has 0 aliphatic rings. The van der Waals surface area contributed by atoms with Crippen LogP contribution in [0, 0.1) is 6.92 Å². The second-order valence-electron chi connectivity index (χ2n) is 9.78. The summed E-state index contributed by atoms with van der Waals surface area (Å²) in [4.78, 5) is 33.0. The van der Waals surface area contributed by atoms with Crippen LogP contribution in [0.5, 0.6) is 0 Å². The molecule has 0 fully saturated rings. The first kappa shape index (κ1) is 29.7. The lowest BCUT2D eigenvalue weighted by molar-refractivity contribution is -0.137. The topological polar surface area (TPSA) is 77.7 Å². The van der Waals surface area contributed by atoms with E-state index in [0.717, 1.165) is 34.2 Å². The van der Waals surface area contributed by atoms with Gasteiger partial charge in [0.15, 0.2) is 0 Å². The van der Waals surface area contributed by atoms with Crippen molar-refractivity contribution in [2.75, 3.05) is 38.7 Å². The van der Waals surface area contributed by atoms with Crippen molar-refractivity contribution in [3.8, 4) is 0 Å². The standard InChI is InChI=1S/C31H33F3N4O3/c1-22-7-3-5-9-27(22)36-30(40)38(17-18-41-2)21-29(39)37(20-23-11-13-25(14-12-23)31(32,33)34)16-15-24-19-35-28-10-6-4-8-26(24)28/h3-14,19,35H,15-18,20-21H2,1-2H3,(H,36,40). The van der Waals surface area contributed by atoms with Gasteiger partial charge < -0.3 is 24.8 Å². The SMILES string of the molecule is COCCN(CC(=O)N(CCc1c[nH]c2ccccc12)Cc1ccc(C(F)(F)F)cc1)C(=O)Nc1ccccc1C. The molecule has 10 heteroatoms. The highest BCUT2D eigenvalue weighted by molar-refractivity contribution is 5.93. The predicted molar refractivity (Wildman–Crippen MR) is 153 cm³/mol. The Kier molecular flexibility index (Phi) is 9.67. The molecule has 1 aromatic heterocycles. The predicted octanol–water partition coefficient (Wildman–Crippen LogP) is 6.25. The number of para-hydroxylation sites is 2. The number of alkyl halides is 3. The van der Waals surface area contributed by atoms with Gasteiger partial charge in [-0.2, -0.15) is 13.2 Å². The number of benzene rings is 3. The lowest BCUT2D eigenvalue weighted by Crippen LogP contribution is -2.46. The Hall–Kier alpha value is -4.31. The molecule has 0 saturated carbocycles. The Labute approximate surface area is 236 Å². The molecule has 0 bridgehead atoms. The van der Waals surface area contributed by atoms with Crippen LogP contribution in [0.1, 0.15) is 22.3 Å². The summed E-state index contributed by atoms with van der Waals surface area (Å²) >= 11 is 0. The molecule has 0 radical (unpaired) electrons. The van der Waals surface area contributed by atoms with Crippen LogP contribution < -0.4 is 5.32 Å². The molecule has 3 amide bonds. The van der Waals surface area contributed by atoms with E-state index in [1.807, 2.05) is 55.6 Å². The number of carbonyl (C=O) groups is 2. The Morgan fingerprint density at radius 1 is 0.927 bits per heavy atom. The van der Waals surface area contributed by atoms with Crippen molar-refractivity contribution in [2.24, 2.45) is 0 Å². The van der Waals surface area contributed by atoms with Crippen molar-refractivity contribution in [3.05, 3.63) is 101 Å². The minimum Gasteiger partial charge on any atom is -0.383 e. The molecule has 7 nitrogen and oxygen atoms in total. The van der Waals surface area contributed by atoms with E-state index in [0.29, 0.717) is 24.2 Å². The Bertz CT molecular complexity index is 1470. The average Bonchev–Trinajstić information content (AvgIpc) is 3.37. The number of rotatable bonds is 11. The van der Waals surface area contributed by atoms with Gasteiger partial charge in [0.1, 0.15) is 6.54 Å². The van der Waals surface area contributed by atoms with Gasteiger partial charge in [-0.1, -0.05) is 48.5 Å². The van der Waals surface area contributed by atoms with Crippen LogP contribution in [-0.2, 0) is 28.7 Å². The fraction of sp³-hybridized carbons (Fsp3) is 0.290. The number of ether oxygens (including phenoxy) is 1. The van der Waals surface area contributed by atoms with Crippen LogP contribution in [0.25, 0.3) is 10.9 Å². The maximum absolute atomic E-state index is 13.7. The number of H-pyrrole nitrogens is 1. The van der Waals surface area contributed by atoms with Gasteiger partial charge in [0.05, 0.1) is 12.2 Å². The van der Waals surface area contributed by atoms with Crippen LogP contribution in [-0.4, -0.2) is 60.1 Å². The number of hydrogen-bond acceptors (Lipinski definition) is 3. The van der Waals surface area contributed by atoms with Gasteiger partial charge in [0.2, 0.25) is 5.91 Å². The van der Waals surface area contributed by atoms with Gasteiger partial charge in [0, 0.05) is 49.5 Å². The fourth-order valence-electron chi connectivity index (χ4n) is 4.53.